The quantitative estimate of drug-likeness (QED) is 0.856. The van der Waals surface area contributed by atoms with Crippen molar-refractivity contribution in [2.24, 2.45) is 0 Å². The number of likely N-dealkylation sites (N-methyl/N-ethyl adjacent to an activating group) is 3. The van der Waals surface area contributed by atoms with Gasteiger partial charge in [0.1, 0.15) is 0 Å². The van der Waals surface area contributed by atoms with Gasteiger partial charge < -0.3 is 15.1 Å². The molecule has 0 bridgehead atoms. The van der Waals surface area contributed by atoms with E-state index < -0.39 is 0 Å². The molecule has 1 saturated heterocycles. The first kappa shape index (κ1) is 18.8. The van der Waals surface area contributed by atoms with E-state index >= 15 is 0 Å². The normalized spacial score (nSPS) is 24.2. The second-order valence-corrected chi connectivity index (χ2v) is 7.06. The van der Waals surface area contributed by atoms with Gasteiger partial charge in [0.25, 0.3) is 0 Å². The largest absolute Gasteiger partial charge is 0.369 e. The molecular weight excluding hydrogens is 294 g/mol. The van der Waals surface area contributed by atoms with E-state index in [0.717, 1.165) is 5.92 Å². The SMILES string of the molecule is C/C=C\C=C/C(C)NC.Cc1ccc2c(c1)C1CN(C)CC1N2C. The smallest absolute Gasteiger partial charge is 0.0495 e. The molecule has 3 heteroatoms. The third kappa shape index (κ3) is 4.28. The van der Waals surface area contributed by atoms with E-state index in [9.17, 15) is 0 Å². The fourth-order valence-electron chi connectivity index (χ4n) is 3.59. The molecule has 3 rings (SSSR count). The lowest BCUT2D eigenvalue weighted by Crippen LogP contribution is -2.31. The maximum absolute atomic E-state index is 3.10. The zero-order chi connectivity index (χ0) is 17.7. The molecule has 24 heavy (non-hydrogen) atoms. The van der Waals surface area contributed by atoms with Crippen LogP contribution < -0.4 is 10.2 Å². The van der Waals surface area contributed by atoms with Crippen molar-refractivity contribution in [3.8, 4) is 0 Å². The van der Waals surface area contributed by atoms with Gasteiger partial charge in [0.15, 0.2) is 0 Å². The van der Waals surface area contributed by atoms with Crippen molar-refractivity contribution in [3.63, 3.8) is 0 Å². The number of hydrogen-bond donors (Lipinski definition) is 1. The number of benzene rings is 1. The monoisotopic (exact) mass is 327 g/mol. The Morgan fingerprint density at radius 3 is 2.62 bits per heavy atom. The van der Waals surface area contributed by atoms with Crippen LogP contribution >= 0.6 is 0 Å². The number of allylic oxidation sites excluding steroid dienone is 3. The molecule has 0 saturated carbocycles. The molecule has 1 aromatic carbocycles. The van der Waals surface area contributed by atoms with Gasteiger partial charge in [0, 0.05) is 43.8 Å². The van der Waals surface area contributed by atoms with Crippen LogP contribution in [0.3, 0.4) is 0 Å². The van der Waals surface area contributed by atoms with Crippen LogP contribution in [0.2, 0.25) is 0 Å². The van der Waals surface area contributed by atoms with Crippen molar-refractivity contribution in [1.82, 2.24) is 10.2 Å². The number of fused-ring (bicyclic) bond motifs is 3. The summed E-state index contributed by atoms with van der Waals surface area (Å²) in [6.07, 6.45) is 8.19. The molecule has 132 valence electrons. The summed E-state index contributed by atoms with van der Waals surface area (Å²) in [4.78, 5) is 4.90. The summed E-state index contributed by atoms with van der Waals surface area (Å²) in [7, 11) is 6.41. The van der Waals surface area contributed by atoms with Gasteiger partial charge in [-0.2, -0.15) is 0 Å². The highest BCUT2D eigenvalue weighted by Gasteiger charge is 2.41. The Morgan fingerprint density at radius 1 is 1.21 bits per heavy atom. The Bertz CT molecular complexity index is 591. The van der Waals surface area contributed by atoms with Crippen molar-refractivity contribution >= 4 is 5.69 Å². The number of hydrogen-bond acceptors (Lipinski definition) is 3. The average Bonchev–Trinajstić information content (AvgIpc) is 3.06. The second kappa shape index (κ2) is 8.50. The number of anilines is 1. The third-order valence-corrected chi connectivity index (χ3v) is 5.09. The summed E-state index contributed by atoms with van der Waals surface area (Å²) >= 11 is 0. The van der Waals surface area contributed by atoms with Gasteiger partial charge in [-0.05, 0) is 46.5 Å². The summed E-state index contributed by atoms with van der Waals surface area (Å²) in [5.74, 6) is 0.731. The number of nitrogens with one attached hydrogen (secondary N) is 1. The van der Waals surface area contributed by atoms with Gasteiger partial charge >= 0.3 is 0 Å². The fourth-order valence-corrected chi connectivity index (χ4v) is 3.59. The molecule has 0 radical (unpaired) electrons. The van der Waals surface area contributed by atoms with E-state index in [1.54, 1.807) is 5.56 Å². The van der Waals surface area contributed by atoms with Crippen molar-refractivity contribution in [2.45, 2.75) is 38.8 Å². The van der Waals surface area contributed by atoms with E-state index in [0.29, 0.717) is 12.1 Å². The van der Waals surface area contributed by atoms with Crippen LogP contribution in [0.5, 0.6) is 0 Å². The number of aryl methyl sites for hydroxylation is 1. The first-order valence-electron chi connectivity index (χ1n) is 8.96. The molecule has 0 aliphatic carbocycles. The fraction of sp³-hybridized carbons (Fsp3) is 0.524. The molecule has 3 nitrogen and oxygen atoms in total. The lowest BCUT2D eigenvalue weighted by atomic mass is 9.97. The number of rotatable bonds is 3. The van der Waals surface area contributed by atoms with Gasteiger partial charge in [-0.15, -0.1) is 0 Å². The predicted molar refractivity (Wildman–Crippen MR) is 106 cm³/mol. The van der Waals surface area contributed by atoms with E-state index in [1.807, 2.05) is 32.2 Å². The molecule has 2 aliphatic rings. The maximum Gasteiger partial charge on any atom is 0.0495 e. The van der Waals surface area contributed by atoms with E-state index in [-0.39, 0.29) is 0 Å². The highest BCUT2D eigenvalue weighted by Crippen LogP contribution is 2.43. The van der Waals surface area contributed by atoms with Crippen molar-refractivity contribution in [1.29, 1.82) is 0 Å². The molecule has 3 atom stereocenters. The molecule has 0 amide bonds. The predicted octanol–water partition coefficient (Wildman–Crippen LogP) is 3.57. The first-order chi connectivity index (χ1) is 11.5. The molecular formula is C21H33N3. The van der Waals surface area contributed by atoms with Crippen molar-refractivity contribution in [2.75, 3.05) is 39.1 Å². The maximum atomic E-state index is 3.10. The number of likely N-dealkylation sites (tertiary alicyclic amines) is 1. The molecule has 1 N–H and O–H groups in total. The Balaban J connectivity index is 0.000000202. The van der Waals surface area contributed by atoms with Crippen molar-refractivity contribution < 1.29 is 0 Å². The minimum absolute atomic E-state index is 0.473. The van der Waals surface area contributed by atoms with Gasteiger partial charge in [0.05, 0.1) is 0 Å². The highest BCUT2D eigenvalue weighted by atomic mass is 15.3. The Hall–Kier alpha value is -1.58. The zero-order valence-electron chi connectivity index (χ0n) is 16.1. The third-order valence-electron chi connectivity index (χ3n) is 5.09. The van der Waals surface area contributed by atoms with Crippen LogP contribution in [-0.2, 0) is 0 Å². The first-order valence-corrected chi connectivity index (χ1v) is 8.96. The summed E-state index contributed by atoms with van der Waals surface area (Å²) in [5, 5.41) is 3.10. The van der Waals surface area contributed by atoms with Gasteiger partial charge in [-0.3, -0.25) is 0 Å². The summed E-state index contributed by atoms with van der Waals surface area (Å²) < 4.78 is 0. The summed E-state index contributed by atoms with van der Waals surface area (Å²) in [6.45, 7) is 8.72. The van der Waals surface area contributed by atoms with Crippen LogP contribution in [0.4, 0.5) is 5.69 Å². The van der Waals surface area contributed by atoms with Crippen LogP contribution in [-0.4, -0.2) is 51.2 Å². The minimum atomic E-state index is 0.473. The summed E-state index contributed by atoms with van der Waals surface area (Å²) in [5.41, 5.74) is 4.40. The Labute approximate surface area is 148 Å². The second-order valence-electron chi connectivity index (χ2n) is 7.06. The Morgan fingerprint density at radius 2 is 1.96 bits per heavy atom. The van der Waals surface area contributed by atoms with E-state index in [2.05, 4.69) is 67.3 Å². The standard InChI is InChI=1S/C13H18N2.C8H15N/c1-9-4-5-12-10(6-9)11-7-14(2)8-13(11)15(12)3;1-4-5-6-7-8(2)9-3/h4-6,11,13H,7-8H2,1-3H3;4-9H,1-3H3/b;5-4-,7-6-. The highest BCUT2D eigenvalue weighted by molar-refractivity contribution is 5.63. The van der Waals surface area contributed by atoms with Crippen LogP contribution in [0.1, 0.15) is 30.9 Å². The molecule has 1 aromatic rings. The summed E-state index contributed by atoms with van der Waals surface area (Å²) in [6, 6.07) is 8.05. The minimum Gasteiger partial charge on any atom is -0.369 e. The zero-order valence-corrected chi connectivity index (χ0v) is 16.1. The van der Waals surface area contributed by atoms with Crippen LogP contribution in [0, 0.1) is 6.92 Å². The molecule has 3 unspecified atom stereocenters. The average molecular weight is 328 g/mol. The molecule has 2 aliphatic heterocycles. The molecule has 2 heterocycles. The topological polar surface area (TPSA) is 18.5 Å². The molecule has 0 aromatic heterocycles. The van der Waals surface area contributed by atoms with Crippen LogP contribution in [0.15, 0.2) is 42.5 Å². The Kier molecular flexibility index (Phi) is 6.64. The van der Waals surface area contributed by atoms with Gasteiger partial charge in [-0.25, -0.2) is 0 Å². The van der Waals surface area contributed by atoms with Gasteiger partial charge in [-0.1, -0.05) is 42.0 Å². The molecule has 1 fully saturated rings. The van der Waals surface area contributed by atoms with E-state index in [4.69, 9.17) is 0 Å². The van der Waals surface area contributed by atoms with E-state index in [1.165, 1.54) is 24.3 Å². The van der Waals surface area contributed by atoms with Crippen molar-refractivity contribution in [3.05, 3.63) is 53.6 Å². The lowest BCUT2D eigenvalue weighted by Gasteiger charge is -2.21. The lowest BCUT2D eigenvalue weighted by molar-refractivity contribution is 0.404. The van der Waals surface area contributed by atoms with Crippen LogP contribution in [0.25, 0.3) is 0 Å². The number of nitrogens with zero attached hydrogens (tertiary/aromatic N) is 2. The molecule has 0 spiro atoms. The van der Waals surface area contributed by atoms with Gasteiger partial charge in [0.2, 0.25) is 0 Å².